The van der Waals surface area contributed by atoms with Gasteiger partial charge in [0.25, 0.3) is 18.2 Å². The van der Waals surface area contributed by atoms with E-state index in [0.29, 0.717) is 19.0 Å². The summed E-state index contributed by atoms with van der Waals surface area (Å²) in [7, 11) is 0. The molecular weight excluding hydrogens is 465 g/mol. The van der Waals surface area contributed by atoms with Crippen LogP contribution in [-0.2, 0) is 6.18 Å². The van der Waals surface area contributed by atoms with Gasteiger partial charge in [-0.2, -0.15) is 13.2 Å². The van der Waals surface area contributed by atoms with Crippen LogP contribution in [0.3, 0.4) is 0 Å². The van der Waals surface area contributed by atoms with Gasteiger partial charge in [-0.15, -0.1) is 0 Å². The maximum Gasteiger partial charge on any atom is 0.433 e. The van der Waals surface area contributed by atoms with Crippen molar-refractivity contribution >= 4 is 11.6 Å². The van der Waals surface area contributed by atoms with Crippen molar-refractivity contribution in [3.05, 3.63) is 48.2 Å². The number of hydrogen-bond donors (Lipinski definition) is 0. The van der Waals surface area contributed by atoms with Gasteiger partial charge in [-0.3, -0.25) is 9.20 Å². The Morgan fingerprint density at radius 3 is 2.68 bits per heavy atom. The Balaban J connectivity index is 1.54. The molecule has 13 heteroatoms. The number of ether oxygens (including phenoxy) is 2. The smallest absolute Gasteiger partial charge is 0.433 e. The molecule has 0 unspecified atom stereocenters. The van der Waals surface area contributed by atoms with Crippen molar-refractivity contribution in [1.82, 2.24) is 24.3 Å². The summed E-state index contributed by atoms with van der Waals surface area (Å²) in [5.74, 6) is -0.775. The summed E-state index contributed by atoms with van der Waals surface area (Å²) in [4.78, 5) is 26.4. The minimum atomic E-state index is -4.60. The van der Waals surface area contributed by atoms with E-state index in [1.165, 1.54) is 29.4 Å². The van der Waals surface area contributed by atoms with Crippen LogP contribution in [0.2, 0.25) is 0 Å². The number of fused-ring (bicyclic) bond motifs is 1. The molecule has 1 amide bonds. The van der Waals surface area contributed by atoms with Gasteiger partial charge < -0.3 is 14.4 Å². The van der Waals surface area contributed by atoms with Crippen molar-refractivity contribution in [1.29, 1.82) is 0 Å². The van der Waals surface area contributed by atoms with Gasteiger partial charge in [-0.05, 0) is 31.9 Å². The van der Waals surface area contributed by atoms with Crippen molar-refractivity contribution in [2.75, 3.05) is 13.2 Å². The molecule has 1 aliphatic rings. The monoisotopic (exact) mass is 485 g/mol. The van der Waals surface area contributed by atoms with Crippen LogP contribution in [0.4, 0.5) is 22.0 Å². The van der Waals surface area contributed by atoms with E-state index in [4.69, 9.17) is 9.47 Å². The second-order valence-corrected chi connectivity index (χ2v) is 7.75. The molecule has 3 aromatic rings. The zero-order valence-electron chi connectivity index (χ0n) is 17.9. The van der Waals surface area contributed by atoms with E-state index < -0.39 is 36.9 Å². The number of rotatable bonds is 6. The normalized spacial score (nSPS) is 19.0. The summed E-state index contributed by atoms with van der Waals surface area (Å²) in [5.41, 5.74) is -1.03. The molecule has 0 bridgehead atoms. The van der Waals surface area contributed by atoms with Crippen LogP contribution in [0.15, 0.2) is 36.9 Å². The number of hydrogen-bond acceptors (Lipinski definition) is 6. The summed E-state index contributed by atoms with van der Waals surface area (Å²) in [6, 6.07) is 2.72. The molecule has 0 N–H and O–H groups in total. The van der Waals surface area contributed by atoms with Crippen LogP contribution in [0.5, 0.6) is 11.8 Å². The standard InChI is InChI=1S/C21H20F5N5O3/c1-12-4-5-13(34-19-17-29-9-15(21(24,25)26)30(17)8-7-28-19)10-31(12)20(32)14-3-2-6-27-18(14)33-11-16(22)23/h2-3,6-9,12-13,16H,4-5,10-11H2,1H3/t12-,13-/m1/s1. The Morgan fingerprint density at radius 2 is 1.94 bits per heavy atom. The van der Waals surface area contributed by atoms with Crippen molar-refractivity contribution in [2.45, 2.75) is 44.5 Å². The van der Waals surface area contributed by atoms with Gasteiger partial charge in [-0.25, -0.2) is 23.7 Å². The predicted octanol–water partition coefficient (Wildman–Crippen LogP) is 3.86. The van der Waals surface area contributed by atoms with Gasteiger partial charge in [0.2, 0.25) is 11.5 Å². The van der Waals surface area contributed by atoms with Crippen molar-refractivity contribution < 1.29 is 36.2 Å². The highest BCUT2D eigenvalue weighted by atomic mass is 19.4. The molecule has 0 aliphatic carbocycles. The molecule has 1 saturated heterocycles. The number of carbonyl (C=O) groups is 1. The number of aromatic nitrogens is 4. The minimum Gasteiger partial charge on any atom is -0.471 e. The van der Waals surface area contributed by atoms with E-state index in [1.807, 2.05) is 6.92 Å². The second kappa shape index (κ2) is 9.39. The van der Waals surface area contributed by atoms with Gasteiger partial charge in [0.05, 0.1) is 12.7 Å². The van der Waals surface area contributed by atoms with Crippen LogP contribution in [0.1, 0.15) is 35.8 Å². The number of alkyl halides is 5. The van der Waals surface area contributed by atoms with Crippen molar-refractivity contribution in [2.24, 2.45) is 0 Å². The first-order valence-electron chi connectivity index (χ1n) is 10.4. The fourth-order valence-corrected chi connectivity index (χ4v) is 3.76. The van der Waals surface area contributed by atoms with Crippen molar-refractivity contribution in [3.8, 4) is 11.8 Å². The number of imidazole rings is 1. The number of amides is 1. The van der Waals surface area contributed by atoms with Crippen LogP contribution in [0, 0.1) is 0 Å². The van der Waals surface area contributed by atoms with E-state index in [0.717, 1.165) is 10.6 Å². The SMILES string of the molecule is C[C@@H]1CC[C@@H](Oc2nccn3c(C(F)(F)F)cnc23)CN1C(=O)c1cccnc1OCC(F)F. The Labute approximate surface area is 190 Å². The maximum absolute atomic E-state index is 13.2. The van der Waals surface area contributed by atoms with E-state index in [9.17, 15) is 26.7 Å². The molecule has 4 rings (SSSR count). The van der Waals surface area contributed by atoms with E-state index in [2.05, 4.69) is 15.0 Å². The molecule has 0 spiro atoms. The van der Waals surface area contributed by atoms with E-state index in [1.54, 1.807) is 0 Å². The summed E-state index contributed by atoms with van der Waals surface area (Å²) in [6.45, 7) is 1.02. The third-order valence-corrected chi connectivity index (χ3v) is 5.41. The van der Waals surface area contributed by atoms with Crippen LogP contribution >= 0.6 is 0 Å². The van der Waals surface area contributed by atoms with Gasteiger partial charge in [0, 0.05) is 24.6 Å². The Hall–Kier alpha value is -3.51. The average molecular weight is 485 g/mol. The van der Waals surface area contributed by atoms with Gasteiger partial charge in [0.1, 0.15) is 17.4 Å². The zero-order chi connectivity index (χ0) is 24.5. The molecule has 3 aromatic heterocycles. The van der Waals surface area contributed by atoms with Gasteiger partial charge in [-0.1, -0.05) is 0 Å². The quantitative estimate of drug-likeness (QED) is 0.494. The summed E-state index contributed by atoms with van der Waals surface area (Å²) < 4.78 is 76.4. The molecule has 2 atom stereocenters. The third kappa shape index (κ3) is 4.87. The highest BCUT2D eigenvalue weighted by molar-refractivity contribution is 5.96. The fraction of sp³-hybridized carbons (Fsp3) is 0.429. The molecule has 34 heavy (non-hydrogen) atoms. The predicted molar refractivity (Wildman–Crippen MR) is 108 cm³/mol. The van der Waals surface area contributed by atoms with Crippen LogP contribution in [-0.4, -0.2) is 61.9 Å². The second-order valence-electron chi connectivity index (χ2n) is 7.75. The lowest BCUT2D eigenvalue weighted by Gasteiger charge is -2.37. The Morgan fingerprint density at radius 1 is 1.18 bits per heavy atom. The number of pyridine rings is 1. The molecule has 1 aliphatic heterocycles. The van der Waals surface area contributed by atoms with Crippen molar-refractivity contribution in [3.63, 3.8) is 0 Å². The number of halogens is 5. The van der Waals surface area contributed by atoms with Crippen LogP contribution in [0.25, 0.3) is 5.65 Å². The lowest BCUT2D eigenvalue weighted by Crippen LogP contribution is -2.49. The molecule has 1 fully saturated rings. The number of piperidine rings is 1. The van der Waals surface area contributed by atoms with E-state index in [-0.39, 0.29) is 35.6 Å². The molecular formula is C21H20F5N5O3. The molecule has 0 aromatic carbocycles. The minimum absolute atomic E-state index is 0.0268. The van der Waals surface area contributed by atoms with E-state index >= 15 is 0 Å². The largest absolute Gasteiger partial charge is 0.471 e. The summed E-state index contributed by atoms with van der Waals surface area (Å²) in [5, 5.41) is 0. The van der Waals surface area contributed by atoms with Gasteiger partial charge in [0.15, 0.2) is 6.61 Å². The first kappa shape index (κ1) is 23.6. The number of likely N-dealkylation sites (tertiary alicyclic amines) is 1. The Kier molecular flexibility index (Phi) is 6.53. The highest BCUT2D eigenvalue weighted by Gasteiger charge is 2.36. The average Bonchev–Trinajstić information content (AvgIpc) is 3.24. The topological polar surface area (TPSA) is 81.9 Å². The lowest BCUT2D eigenvalue weighted by atomic mass is 10.00. The van der Waals surface area contributed by atoms with Crippen LogP contribution < -0.4 is 9.47 Å². The third-order valence-electron chi connectivity index (χ3n) is 5.41. The van der Waals surface area contributed by atoms with Gasteiger partial charge >= 0.3 is 6.18 Å². The maximum atomic E-state index is 13.2. The number of carbonyl (C=O) groups excluding carboxylic acids is 1. The lowest BCUT2D eigenvalue weighted by molar-refractivity contribution is -0.141. The summed E-state index contributed by atoms with van der Waals surface area (Å²) in [6.07, 6.45) is -2.51. The first-order chi connectivity index (χ1) is 16.1. The molecule has 4 heterocycles. The zero-order valence-corrected chi connectivity index (χ0v) is 17.9. The Bertz CT molecular complexity index is 1170. The molecule has 0 radical (unpaired) electrons. The first-order valence-corrected chi connectivity index (χ1v) is 10.4. The summed E-state index contributed by atoms with van der Waals surface area (Å²) >= 11 is 0. The molecule has 0 saturated carbocycles. The number of nitrogens with zero attached hydrogens (tertiary/aromatic N) is 5. The molecule has 182 valence electrons. The molecule has 8 nitrogen and oxygen atoms in total. The highest BCUT2D eigenvalue weighted by Crippen LogP contribution is 2.32. The fourth-order valence-electron chi connectivity index (χ4n) is 3.76.